The number of aromatic hydroxyl groups is 2. The molecule has 0 aliphatic carbocycles. The van der Waals surface area contributed by atoms with Gasteiger partial charge in [0.15, 0.2) is 23.0 Å². The van der Waals surface area contributed by atoms with Gasteiger partial charge < -0.3 is 19.7 Å². The lowest BCUT2D eigenvalue weighted by atomic mass is 10.2. The van der Waals surface area contributed by atoms with E-state index in [0.29, 0.717) is 11.5 Å². The molecule has 0 saturated heterocycles. The second-order valence-electron chi connectivity index (χ2n) is 5.24. The normalized spacial score (nSPS) is 11.3. The Morgan fingerprint density at radius 3 is 1.58 bits per heavy atom. The van der Waals surface area contributed by atoms with Crippen molar-refractivity contribution in [2.24, 2.45) is 0 Å². The van der Waals surface area contributed by atoms with Crippen molar-refractivity contribution >= 4 is 33.7 Å². The van der Waals surface area contributed by atoms with Crippen LogP contribution in [0, 0.1) is 0 Å². The zero-order chi connectivity index (χ0) is 18.8. The van der Waals surface area contributed by atoms with Crippen molar-refractivity contribution in [1.29, 1.82) is 0 Å². The van der Waals surface area contributed by atoms with Gasteiger partial charge in [0, 0.05) is 11.5 Å². The molecule has 2 N–H and O–H groups in total. The van der Waals surface area contributed by atoms with Gasteiger partial charge in [0.25, 0.3) is 0 Å². The highest BCUT2D eigenvalue weighted by molar-refractivity contribution is 8.76. The van der Waals surface area contributed by atoms with E-state index in [9.17, 15) is 10.2 Å². The minimum Gasteiger partial charge on any atom is -0.504 e. The number of benzene rings is 2. The van der Waals surface area contributed by atoms with Gasteiger partial charge in [0.05, 0.1) is 14.2 Å². The SMILES string of the molecule is COc1cc(/C=C/CSSC/C=C/c2ccc(O)c(OC)c2)ccc1O. The highest BCUT2D eigenvalue weighted by Gasteiger charge is 2.01. The predicted octanol–water partition coefficient (Wildman–Crippen LogP) is 5.22. The molecule has 0 aliphatic heterocycles. The van der Waals surface area contributed by atoms with Crippen LogP contribution in [-0.4, -0.2) is 35.9 Å². The van der Waals surface area contributed by atoms with Gasteiger partial charge in [-0.1, -0.05) is 58.0 Å². The molecule has 0 bridgehead atoms. The number of rotatable bonds is 9. The molecule has 2 aromatic rings. The fraction of sp³-hybridized carbons (Fsp3) is 0.200. The average Bonchev–Trinajstić information content (AvgIpc) is 2.66. The number of hydrogen-bond acceptors (Lipinski definition) is 6. The molecular formula is C20H22O4S2. The van der Waals surface area contributed by atoms with Gasteiger partial charge in [-0.2, -0.15) is 0 Å². The maximum Gasteiger partial charge on any atom is 0.161 e. The Balaban J connectivity index is 1.70. The lowest BCUT2D eigenvalue weighted by Gasteiger charge is -2.03. The number of methoxy groups -OCH3 is 2. The molecule has 0 heterocycles. The molecular weight excluding hydrogens is 368 g/mol. The van der Waals surface area contributed by atoms with E-state index < -0.39 is 0 Å². The maximum atomic E-state index is 9.57. The summed E-state index contributed by atoms with van der Waals surface area (Å²) in [7, 11) is 6.61. The Kier molecular flexibility index (Phi) is 8.31. The molecule has 2 rings (SSSR count). The van der Waals surface area contributed by atoms with Crippen molar-refractivity contribution in [3.63, 3.8) is 0 Å². The van der Waals surface area contributed by atoms with Gasteiger partial charge in [-0.25, -0.2) is 0 Å². The molecule has 0 fully saturated rings. The Morgan fingerprint density at radius 1 is 0.769 bits per heavy atom. The van der Waals surface area contributed by atoms with Gasteiger partial charge >= 0.3 is 0 Å². The van der Waals surface area contributed by atoms with Crippen molar-refractivity contribution in [3.8, 4) is 23.0 Å². The van der Waals surface area contributed by atoms with Crippen LogP contribution in [0.3, 0.4) is 0 Å². The van der Waals surface area contributed by atoms with E-state index >= 15 is 0 Å². The van der Waals surface area contributed by atoms with Crippen LogP contribution >= 0.6 is 21.6 Å². The summed E-state index contributed by atoms with van der Waals surface area (Å²) in [6, 6.07) is 10.6. The molecule has 0 spiro atoms. The van der Waals surface area contributed by atoms with Crippen LogP contribution < -0.4 is 9.47 Å². The van der Waals surface area contributed by atoms with E-state index in [4.69, 9.17) is 9.47 Å². The zero-order valence-corrected chi connectivity index (χ0v) is 16.3. The molecule has 0 aromatic heterocycles. The van der Waals surface area contributed by atoms with Crippen LogP contribution in [0.4, 0.5) is 0 Å². The van der Waals surface area contributed by atoms with Crippen molar-refractivity contribution in [1.82, 2.24) is 0 Å². The number of hydrogen-bond donors (Lipinski definition) is 2. The van der Waals surface area contributed by atoms with Crippen molar-refractivity contribution in [2.45, 2.75) is 0 Å². The highest BCUT2D eigenvalue weighted by atomic mass is 33.1. The largest absolute Gasteiger partial charge is 0.504 e. The third-order valence-corrected chi connectivity index (χ3v) is 5.58. The molecule has 138 valence electrons. The Hall–Kier alpha value is -2.18. The fourth-order valence-corrected chi connectivity index (χ4v) is 3.73. The first kappa shape index (κ1) is 20.1. The quantitative estimate of drug-likeness (QED) is 0.452. The molecule has 0 unspecified atom stereocenters. The molecule has 0 aliphatic rings. The lowest BCUT2D eigenvalue weighted by Crippen LogP contribution is -1.84. The first-order chi connectivity index (χ1) is 12.6. The first-order valence-electron chi connectivity index (χ1n) is 7.95. The van der Waals surface area contributed by atoms with E-state index in [1.54, 1.807) is 45.9 Å². The van der Waals surface area contributed by atoms with Crippen LogP contribution in [0.25, 0.3) is 12.2 Å². The summed E-state index contributed by atoms with van der Waals surface area (Å²) in [5, 5.41) is 19.1. The van der Waals surface area contributed by atoms with Crippen LogP contribution in [0.1, 0.15) is 11.1 Å². The Morgan fingerprint density at radius 2 is 1.19 bits per heavy atom. The lowest BCUT2D eigenvalue weighted by molar-refractivity contribution is 0.373. The summed E-state index contributed by atoms with van der Waals surface area (Å²) < 4.78 is 10.2. The molecule has 4 nitrogen and oxygen atoms in total. The predicted molar refractivity (Wildman–Crippen MR) is 112 cm³/mol. The van der Waals surface area contributed by atoms with E-state index in [0.717, 1.165) is 22.6 Å². The average molecular weight is 391 g/mol. The van der Waals surface area contributed by atoms with Crippen LogP contribution in [0.5, 0.6) is 23.0 Å². The van der Waals surface area contributed by atoms with E-state index in [1.807, 2.05) is 24.3 Å². The van der Waals surface area contributed by atoms with Gasteiger partial charge in [0.1, 0.15) is 0 Å². The van der Waals surface area contributed by atoms with Crippen molar-refractivity contribution in [3.05, 3.63) is 59.7 Å². The molecule has 0 amide bonds. The molecule has 0 radical (unpaired) electrons. The van der Waals surface area contributed by atoms with Gasteiger partial charge in [-0.15, -0.1) is 0 Å². The first-order valence-corrected chi connectivity index (χ1v) is 10.4. The van der Waals surface area contributed by atoms with Gasteiger partial charge in [-0.3, -0.25) is 0 Å². The third-order valence-electron chi connectivity index (χ3n) is 3.44. The standard InChI is InChI=1S/C20H22O4S2/c1-23-19-13-15(7-9-17(19)21)5-3-11-25-26-12-4-6-16-8-10-18(22)20(14-16)24-2/h3-10,13-14,21-22H,11-12H2,1-2H3/b5-3+,6-4+. The minimum absolute atomic E-state index is 0.146. The summed E-state index contributed by atoms with van der Waals surface area (Å²) in [4.78, 5) is 0. The smallest absolute Gasteiger partial charge is 0.161 e. The molecule has 2 aromatic carbocycles. The summed E-state index contributed by atoms with van der Waals surface area (Å²) in [6.07, 6.45) is 8.18. The van der Waals surface area contributed by atoms with Gasteiger partial charge in [0.2, 0.25) is 0 Å². The summed E-state index contributed by atoms with van der Waals surface area (Å²) in [5.74, 6) is 3.01. The molecule has 0 saturated carbocycles. The van der Waals surface area contributed by atoms with E-state index in [1.165, 1.54) is 14.2 Å². The summed E-state index contributed by atoms with van der Waals surface area (Å²) >= 11 is 0. The fourth-order valence-electron chi connectivity index (χ4n) is 2.14. The highest BCUT2D eigenvalue weighted by Crippen LogP contribution is 2.28. The molecule has 26 heavy (non-hydrogen) atoms. The Bertz CT molecular complexity index is 707. The van der Waals surface area contributed by atoms with Crippen LogP contribution in [0.2, 0.25) is 0 Å². The van der Waals surface area contributed by atoms with Crippen molar-refractivity contribution in [2.75, 3.05) is 25.7 Å². The van der Waals surface area contributed by atoms with E-state index in [-0.39, 0.29) is 11.5 Å². The summed E-state index contributed by atoms with van der Waals surface area (Å²) in [5.41, 5.74) is 1.98. The Labute approximate surface area is 161 Å². The van der Waals surface area contributed by atoms with Crippen LogP contribution in [0.15, 0.2) is 48.6 Å². The van der Waals surface area contributed by atoms with Crippen LogP contribution in [-0.2, 0) is 0 Å². The second-order valence-corrected chi connectivity index (χ2v) is 7.79. The topological polar surface area (TPSA) is 58.9 Å². The summed E-state index contributed by atoms with van der Waals surface area (Å²) in [6.45, 7) is 0. The third kappa shape index (κ3) is 6.28. The zero-order valence-electron chi connectivity index (χ0n) is 14.7. The number of phenolic OH excluding ortho intramolecular Hbond substituents is 2. The van der Waals surface area contributed by atoms with Gasteiger partial charge in [-0.05, 0) is 35.4 Å². The number of ether oxygens (including phenoxy) is 2. The minimum atomic E-state index is 0.146. The molecule has 6 heteroatoms. The van der Waals surface area contributed by atoms with E-state index in [2.05, 4.69) is 12.2 Å². The second kappa shape index (κ2) is 10.7. The monoisotopic (exact) mass is 390 g/mol. The number of phenols is 2. The maximum absolute atomic E-state index is 9.57. The molecule has 0 atom stereocenters. The van der Waals surface area contributed by atoms with Crippen molar-refractivity contribution < 1.29 is 19.7 Å².